The van der Waals surface area contributed by atoms with Crippen LogP contribution in [-0.4, -0.2) is 16.1 Å². The largest absolute Gasteiger partial charge is 0.387 e. The zero-order chi connectivity index (χ0) is 13.9. The molecular formula is C16H17FN2O. The number of nitrogens with one attached hydrogen (secondary N) is 1. The van der Waals surface area contributed by atoms with Crippen LogP contribution in [0.2, 0.25) is 0 Å². The second-order valence-corrected chi connectivity index (χ2v) is 5.19. The third-order valence-corrected chi connectivity index (χ3v) is 3.84. The molecule has 0 bridgehead atoms. The molecule has 1 aliphatic heterocycles. The summed E-state index contributed by atoms with van der Waals surface area (Å²) in [6, 6.07) is 10.3. The van der Waals surface area contributed by atoms with Crippen LogP contribution in [0.25, 0.3) is 0 Å². The molecule has 2 heterocycles. The van der Waals surface area contributed by atoms with Crippen molar-refractivity contribution >= 4 is 0 Å². The summed E-state index contributed by atoms with van der Waals surface area (Å²) in [7, 11) is 0. The van der Waals surface area contributed by atoms with Gasteiger partial charge in [-0.15, -0.1) is 0 Å². The van der Waals surface area contributed by atoms with Gasteiger partial charge in [-0.2, -0.15) is 0 Å². The number of aliphatic hydroxyl groups excluding tert-OH is 1. The van der Waals surface area contributed by atoms with Gasteiger partial charge in [0.05, 0.1) is 6.10 Å². The number of rotatable bonds is 3. The molecule has 3 nitrogen and oxygen atoms in total. The fourth-order valence-corrected chi connectivity index (χ4v) is 2.79. The van der Waals surface area contributed by atoms with Crippen LogP contribution >= 0.6 is 0 Å². The summed E-state index contributed by atoms with van der Waals surface area (Å²) in [5, 5.41) is 13.8. The molecule has 0 unspecified atom stereocenters. The monoisotopic (exact) mass is 272 g/mol. The quantitative estimate of drug-likeness (QED) is 0.903. The Balaban J connectivity index is 1.71. The van der Waals surface area contributed by atoms with Crippen molar-refractivity contribution in [2.45, 2.75) is 31.0 Å². The van der Waals surface area contributed by atoms with E-state index in [0.29, 0.717) is 5.56 Å². The van der Waals surface area contributed by atoms with Crippen LogP contribution in [0.4, 0.5) is 4.39 Å². The molecule has 20 heavy (non-hydrogen) atoms. The van der Waals surface area contributed by atoms with Gasteiger partial charge < -0.3 is 10.4 Å². The number of benzene rings is 1. The minimum atomic E-state index is -0.688. The molecule has 1 saturated heterocycles. The highest BCUT2D eigenvalue weighted by Crippen LogP contribution is 2.32. The van der Waals surface area contributed by atoms with Gasteiger partial charge in [-0.25, -0.2) is 4.39 Å². The molecule has 1 aromatic heterocycles. The van der Waals surface area contributed by atoms with E-state index in [1.54, 1.807) is 18.3 Å². The first-order valence-electron chi connectivity index (χ1n) is 6.83. The highest BCUT2D eigenvalue weighted by atomic mass is 19.1. The number of nitrogens with zero attached hydrogens (tertiary/aromatic N) is 1. The first-order valence-corrected chi connectivity index (χ1v) is 6.83. The first-order chi connectivity index (χ1) is 9.74. The van der Waals surface area contributed by atoms with Gasteiger partial charge in [-0.1, -0.05) is 18.2 Å². The van der Waals surface area contributed by atoms with Crippen LogP contribution in [-0.2, 0) is 0 Å². The zero-order valence-electron chi connectivity index (χ0n) is 11.0. The van der Waals surface area contributed by atoms with Gasteiger partial charge in [0.25, 0.3) is 0 Å². The fraction of sp³-hybridized carbons (Fsp3) is 0.312. The number of hydrogen-bond donors (Lipinski definition) is 2. The van der Waals surface area contributed by atoms with Crippen molar-refractivity contribution in [1.82, 2.24) is 10.3 Å². The maximum Gasteiger partial charge on any atom is 0.123 e. The summed E-state index contributed by atoms with van der Waals surface area (Å²) in [5.41, 5.74) is 1.75. The lowest BCUT2D eigenvalue weighted by Crippen LogP contribution is -2.30. The summed E-state index contributed by atoms with van der Waals surface area (Å²) in [6.07, 6.45) is 4.71. The Kier molecular flexibility index (Phi) is 3.76. The maximum absolute atomic E-state index is 13.2. The van der Waals surface area contributed by atoms with Gasteiger partial charge in [0.2, 0.25) is 0 Å². The Morgan fingerprint density at radius 3 is 2.90 bits per heavy atom. The molecule has 2 N–H and O–H groups in total. The van der Waals surface area contributed by atoms with Gasteiger partial charge >= 0.3 is 0 Å². The van der Waals surface area contributed by atoms with Crippen LogP contribution in [0.3, 0.4) is 0 Å². The van der Waals surface area contributed by atoms with Crippen molar-refractivity contribution in [2.24, 2.45) is 0 Å². The fourth-order valence-electron chi connectivity index (χ4n) is 2.79. The molecule has 3 atom stereocenters. The molecule has 2 aromatic rings. The zero-order valence-corrected chi connectivity index (χ0v) is 11.0. The van der Waals surface area contributed by atoms with Crippen LogP contribution in [0, 0.1) is 5.82 Å². The van der Waals surface area contributed by atoms with Gasteiger partial charge in [-0.3, -0.25) is 4.98 Å². The van der Waals surface area contributed by atoms with E-state index in [0.717, 1.165) is 18.4 Å². The lowest BCUT2D eigenvalue weighted by molar-refractivity contribution is 0.135. The van der Waals surface area contributed by atoms with Gasteiger partial charge in [-0.05, 0) is 42.2 Å². The predicted octanol–water partition coefficient (Wildman–Crippen LogP) is 2.75. The summed E-state index contributed by atoms with van der Waals surface area (Å²) in [5.74, 6) is -0.316. The molecule has 0 saturated carbocycles. The van der Waals surface area contributed by atoms with E-state index in [2.05, 4.69) is 10.3 Å². The number of pyridine rings is 1. The summed E-state index contributed by atoms with van der Waals surface area (Å²) in [4.78, 5) is 4.12. The Morgan fingerprint density at radius 2 is 2.15 bits per heavy atom. The summed E-state index contributed by atoms with van der Waals surface area (Å²) in [6.45, 7) is 0. The Hall–Kier alpha value is -1.78. The molecule has 1 aromatic carbocycles. The lowest BCUT2D eigenvalue weighted by Gasteiger charge is -2.20. The van der Waals surface area contributed by atoms with Crippen LogP contribution < -0.4 is 5.32 Å². The third kappa shape index (κ3) is 2.71. The molecule has 0 spiro atoms. The van der Waals surface area contributed by atoms with Gasteiger partial charge in [0, 0.05) is 24.5 Å². The first kappa shape index (κ1) is 13.2. The van der Waals surface area contributed by atoms with E-state index in [1.165, 1.54) is 12.1 Å². The molecule has 0 radical (unpaired) electrons. The van der Waals surface area contributed by atoms with Crippen molar-refractivity contribution in [1.29, 1.82) is 0 Å². The highest BCUT2D eigenvalue weighted by Gasteiger charge is 2.30. The highest BCUT2D eigenvalue weighted by molar-refractivity contribution is 5.22. The Morgan fingerprint density at radius 1 is 1.25 bits per heavy atom. The standard InChI is InChI=1S/C16H17FN2O/c17-13-5-1-3-11(9-13)16(20)15-7-6-14(19-15)12-4-2-8-18-10-12/h1-5,8-10,14-16,19-20H,6-7H2/t14-,15+,16+/m0/s1. The van der Waals surface area contributed by atoms with Gasteiger partial charge in [0.1, 0.15) is 5.82 Å². The SMILES string of the molecule is O[C@H](c1cccc(F)c1)[C@H]1CC[C@@H](c2cccnc2)N1. The molecule has 4 heteroatoms. The van der Waals surface area contributed by atoms with E-state index in [9.17, 15) is 9.50 Å². The summed E-state index contributed by atoms with van der Waals surface area (Å²) >= 11 is 0. The Bertz CT molecular complexity index is 576. The Labute approximate surface area is 117 Å². The molecule has 1 aliphatic rings. The number of halogens is 1. The van der Waals surface area contributed by atoms with Crippen molar-refractivity contribution in [2.75, 3.05) is 0 Å². The van der Waals surface area contributed by atoms with E-state index in [1.807, 2.05) is 18.3 Å². The molecule has 3 rings (SSSR count). The van der Waals surface area contributed by atoms with Gasteiger partial charge in [0.15, 0.2) is 0 Å². The molecule has 0 amide bonds. The smallest absolute Gasteiger partial charge is 0.123 e. The normalized spacial score (nSPS) is 23.7. The molecule has 1 fully saturated rings. The topological polar surface area (TPSA) is 45.2 Å². The second-order valence-electron chi connectivity index (χ2n) is 5.19. The molecule has 0 aliphatic carbocycles. The van der Waals surface area contributed by atoms with E-state index >= 15 is 0 Å². The minimum absolute atomic E-state index is 0.0537. The summed E-state index contributed by atoms with van der Waals surface area (Å²) < 4.78 is 13.2. The molecule has 104 valence electrons. The number of aromatic nitrogens is 1. The average molecular weight is 272 g/mol. The van der Waals surface area contributed by atoms with Crippen LogP contribution in [0.5, 0.6) is 0 Å². The van der Waals surface area contributed by atoms with E-state index in [-0.39, 0.29) is 17.9 Å². The van der Waals surface area contributed by atoms with Crippen LogP contribution in [0.1, 0.15) is 36.1 Å². The van der Waals surface area contributed by atoms with Crippen molar-refractivity contribution in [3.05, 3.63) is 65.7 Å². The number of aliphatic hydroxyl groups is 1. The van der Waals surface area contributed by atoms with Crippen molar-refractivity contribution < 1.29 is 9.50 Å². The number of hydrogen-bond acceptors (Lipinski definition) is 3. The van der Waals surface area contributed by atoms with Crippen molar-refractivity contribution in [3.8, 4) is 0 Å². The minimum Gasteiger partial charge on any atom is -0.387 e. The third-order valence-electron chi connectivity index (χ3n) is 3.84. The van der Waals surface area contributed by atoms with E-state index in [4.69, 9.17) is 0 Å². The maximum atomic E-state index is 13.2. The molecular weight excluding hydrogens is 255 g/mol. The predicted molar refractivity (Wildman–Crippen MR) is 74.5 cm³/mol. The second kappa shape index (κ2) is 5.69. The average Bonchev–Trinajstić information content (AvgIpc) is 2.97. The van der Waals surface area contributed by atoms with Crippen molar-refractivity contribution in [3.63, 3.8) is 0 Å². The van der Waals surface area contributed by atoms with E-state index < -0.39 is 6.10 Å². The lowest BCUT2D eigenvalue weighted by atomic mass is 10.0. The van der Waals surface area contributed by atoms with Crippen LogP contribution in [0.15, 0.2) is 48.8 Å².